The number of pyridine rings is 1. The molecule has 6 nitrogen and oxygen atoms in total. The van der Waals surface area contributed by atoms with Gasteiger partial charge < -0.3 is 15.4 Å². The number of nitrogens with zero attached hydrogens (tertiary/aromatic N) is 2. The number of hydrazine groups is 1. The van der Waals surface area contributed by atoms with Crippen LogP contribution in [-0.4, -0.2) is 41.1 Å². The number of nitrogen functional groups attached to an aromatic ring is 1. The largest absolute Gasteiger partial charge is 0.396 e. The predicted octanol–water partition coefficient (Wildman–Crippen LogP) is 1.12. The summed E-state index contributed by atoms with van der Waals surface area (Å²) in [5.74, 6) is 5.78. The van der Waals surface area contributed by atoms with Crippen LogP contribution in [0.2, 0.25) is 0 Å². The van der Waals surface area contributed by atoms with Crippen LogP contribution in [0.4, 0.5) is 5.82 Å². The minimum absolute atomic E-state index is 0.0663. The molecule has 1 heterocycles. The average molecular weight is 280 g/mol. The fourth-order valence-corrected chi connectivity index (χ4v) is 1.74. The zero-order valence-corrected chi connectivity index (χ0v) is 12.6. The van der Waals surface area contributed by atoms with Crippen LogP contribution in [0.3, 0.4) is 0 Å². The number of nitrogens with one attached hydrogen (secondary N) is 1. The molecule has 0 spiro atoms. The van der Waals surface area contributed by atoms with E-state index >= 15 is 0 Å². The first-order valence-electron chi connectivity index (χ1n) is 6.65. The second kappa shape index (κ2) is 6.67. The molecule has 1 aromatic rings. The van der Waals surface area contributed by atoms with Crippen LogP contribution in [0.1, 0.15) is 43.2 Å². The van der Waals surface area contributed by atoms with E-state index in [9.17, 15) is 4.79 Å². The maximum Gasteiger partial charge on any atom is 0.253 e. The summed E-state index contributed by atoms with van der Waals surface area (Å²) >= 11 is 0. The van der Waals surface area contributed by atoms with Crippen molar-refractivity contribution in [1.29, 1.82) is 0 Å². The first kappa shape index (κ1) is 16.4. The fraction of sp³-hybridized carbons (Fsp3) is 0.571. The van der Waals surface area contributed by atoms with Crippen molar-refractivity contribution in [2.75, 3.05) is 25.6 Å². The number of hydrogen-bond donors (Lipinski definition) is 3. The number of aliphatic hydroxyl groups is 1. The van der Waals surface area contributed by atoms with Gasteiger partial charge in [-0.25, -0.2) is 10.8 Å². The molecule has 0 aliphatic heterocycles. The Morgan fingerprint density at radius 3 is 2.60 bits per heavy atom. The third-order valence-corrected chi connectivity index (χ3v) is 2.99. The Kier molecular flexibility index (Phi) is 5.47. The first-order chi connectivity index (χ1) is 9.29. The molecule has 0 saturated carbocycles. The van der Waals surface area contributed by atoms with Gasteiger partial charge in [0.25, 0.3) is 5.91 Å². The SMILES string of the molecule is CN(CCCO)C(=O)c1cc(NN)nc(C(C)(C)C)c1. The minimum Gasteiger partial charge on any atom is -0.396 e. The Hall–Kier alpha value is -1.66. The molecule has 1 rings (SSSR count). The van der Waals surface area contributed by atoms with Crippen molar-refractivity contribution < 1.29 is 9.90 Å². The molecule has 112 valence electrons. The summed E-state index contributed by atoms with van der Waals surface area (Å²) in [7, 11) is 1.71. The summed E-state index contributed by atoms with van der Waals surface area (Å²) < 4.78 is 0. The van der Waals surface area contributed by atoms with Gasteiger partial charge in [0.2, 0.25) is 0 Å². The Labute approximate surface area is 120 Å². The first-order valence-corrected chi connectivity index (χ1v) is 6.65. The van der Waals surface area contributed by atoms with Crippen LogP contribution >= 0.6 is 0 Å². The van der Waals surface area contributed by atoms with E-state index in [2.05, 4.69) is 10.4 Å². The Morgan fingerprint density at radius 2 is 2.10 bits per heavy atom. The van der Waals surface area contributed by atoms with Gasteiger partial charge in [-0.2, -0.15) is 0 Å². The van der Waals surface area contributed by atoms with Crippen molar-refractivity contribution in [3.8, 4) is 0 Å². The number of rotatable bonds is 5. The van der Waals surface area contributed by atoms with Gasteiger partial charge in [-0.3, -0.25) is 4.79 Å². The lowest BCUT2D eigenvalue weighted by molar-refractivity contribution is 0.0786. The van der Waals surface area contributed by atoms with Gasteiger partial charge in [-0.15, -0.1) is 0 Å². The number of amides is 1. The van der Waals surface area contributed by atoms with E-state index in [0.717, 1.165) is 5.69 Å². The zero-order chi connectivity index (χ0) is 15.3. The van der Waals surface area contributed by atoms with Crippen LogP contribution < -0.4 is 11.3 Å². The minimum atomic E-state index is -0.175. The Balaban J connectivity index is 3.08. The number of aliphatic hydroxyl groups excluding tert-OH is 1. The molecule has 20 heavy (non-hydrogen) atoms. The third kappa shape index (κ3) is 4.18. The number of carbonyl (C=O) groups excluding carboxylic acids is 1. The zero-order valence-electron chi connectivity index (χ0n) is 12.6. The molecule has 0 aromatic carbocycles. The second-order valence-electron chi connectivity index (χ2n) is 5.82. The van der Waals surface area contributed by atoms with Crippen LogP contribution in [0.5, 0.6) is 0 Å². The molecule has 0 radical (unpaired) electrons. The normalized spacial score (nSPS) is 11.3. The van der Waals surface area contributed by atoms with Gasteiger partial charge in [0.05, 0.1) is 0 Å². The lowest BCUT2D eigenvalue weighted by atomic mass is 9.90. The lowest BCUT2D eigenvalue weighted by Gasteiger charge is -2.21. The number of anilines is 1. The van der Waals surface area contributed by atoms with Crippen molar-refractivity contribution in [2.24, 2.45) is 5.84 Å². The van der Waals surface area contributed by atoms with E-state index in [0.29, 0.717) is 24.3 Å². The molecule has 0 bridgehead atoms. The van der Waals surface area contributed by atoms with Gasteiger partial charge in [0, 0.05) is 36.9 Å². The molecular formula is C14H24N4O2. The van der Waals surface area contributed by atoms with Crippen LogP contribution in [0, 0.1) is 0 Å². The lowest BCUT2D eigenvalue weighted by Crippen LogP contribution is -2.29. The number of aromatic nitrogens is 1. The highest BCUT2D eigenvalue weighted by Gasteiger charge is 2.20. The maximum atomic E-state index is 12.3. The van der Waals surface area contributed by atoms with Crippen LogP contribution in [0.25, 0.3) is 0 Å². The molecule has 6 heteroatoms. The molecule has 0 atom stereocenters. The Morgan fingerprint density at radius 1 is 1.45 bits per heavy atom. The molecule has 0 aliphatic rings. The van der Waals surface area contributed by atoms with Crippen molar-refractivity contribution in [3.63, 3.8) is 0 Å². The predicted molar refractivity (Wildman–Crippen MR) is 79.4 cm³/mol. The smallest absolute Gasteiger partial charge is 0.253 e. The number of carbonyl (C=O) groups is 1. The highest BCUT2D eigenvalue weighted by molar-refractivity contribution is 5.94. The van der Waals surface area contributed by atoms with E-state index in [-0.39, 0.29) is 17.9 Å². The summed E-state index contributed by atoms with van der Waals surface area (Å²) in [4.78, 5) is 18.3. The molecule has 4 N–H and O–H groups in total. The van der Waals surface area contributed by atoms with E-state index in [1.807, 2.05) is 20.8 Å². The third-order valence-electron chi connectivity index (χ3n) is 2.99. The number of nitrogens with two attached hydrogens (primary N) is 1. The van der Waals surface area contributed by atoms with Crippen molar-refractivity contribution in [3.05, 3.63) is 23.4 Å². The van der Waals surface area contributed by atoms with Gasteiger partial charge in [-0.1, -0.05) is 20.8 Å². The van der Waals surface area contributed by atoms with E-state index in [1.165, 1.54) is 0 Å². The summed E-state index contributed by atoms with van der Waals surface area (Å²) in [6.07, 6.45) is 0.557. The van der Waals surface area contributed by atoms with Gasteiger partial charge in [0.15, 0.2) is 0 Å². The average Bonchev–Trinajstić information content (AvgIpc) is 2.42. The van der Waals surface area contributed by atoms with E-state index in [4.69, 9.17) is 10.9 Å². The fourth-order valence-electron chi connectivity index (χ4n) is 1.74. The molecule has 1 amide bonds. The van der Waals surface area contributed by atoms with Crippen molar-refractivity contribution in [1.82, 2.24) is 9.88 Å². The molecular weight excluding hydrogens is 256 g/mol. The van der Waals surface area contributed by atoms with Crippen molar-refractivity contribution in [2.45, 2.75) is 32.6 Å². The standard InChI is InChI=1S/C14H24N4O2/c1-14(2,3)11-8-10(9-12(16-11)17-15)13(20)18(4)6-5-7-19/h8-9,19H,5-7,15H2,1-4H3,(H,16,17). The van der Waals surface area contributed by atoms with Crippen molar-refractivity contribution >= 4 is 11.7 Å². The molecule has 0 unspecified atom stereocenters. The van der Waals surface area contributed by atoms with E-state index < -0.39 is 0 Å². The topological polar surface area (TPSA) is 91.5 Å². The monoisotopic (exact) mass is 280 g/mol. The second-order valence-corrected chi connectivity index (χ2v) is 5.82. The highest BCUT2D eigenvalue weighted by atomic mass is 16.3. The van der Waals surface area contributed by atoms with Gasteiger partial charge >= 0.3 is 0 Å². The maximum absolute atomic E-state index is 12.3. The molecule has 1 aromatic heterocycles. The summed E-state index contributed by atoms with van der Waals surface area (Å²) in [5, 5.41) is 8.83. The van der Waals surface area contributed by atoms with E-state index in [1.54, 1.807) is 24.1 Å². The molecule has 0 aliphatic carbocycles. The summed E-state index contributed by atoms with van der Waals surface area (Å²) in [6.45, 7) is 6.66. The van der Waals surface area contributed by atoms with Gasteiger partial charge in [-0.05, 0) is 18.6 Å². The summed E-state index contributed by atoms with van der Waals surface area (Å²) in [5.41, 5.74) is 3.66. The number of hydrogen-bond acceptors (Lipinski definition) is 5. The van der Waals surface area contributed by atoms with Gasteiger partial charge in [0.1, 0.15) is 5.82 Å². The quantitative estimate of drug-likeness (QED) is 0.555. The Bertz CT molecular complexity index is 469. The highest BCUT2D eigenvalue weighted by Crippen LogP contribution is 2.23. The summed E-state index contributed by atoms with van der Waals surface area (Å²) in [6, 6.07) is 3.42. The molecule has 0 saturated heterocycles. The van der Waals surface area contributed by atoms with Crippen LogP contribution in [-0.2, 0) is 5.41 Å². The molecule has 0 fully saturated rings. The van der Waals surface area contributed by atoms with Crippen LogP contribution in [0.15, 0.2) is 12.1 Å².